The molecule has 152 valence electrons. The van der Waals surface area contributed by atoms with Gasteiger partial charge in [0.25, 0.3) is 0 Å². The molecule has 1 saturated heterocycles. The molecule has 29 heavy (non-hydrogen) atoms. The Labute approximate surface area is 174 Å². The van der Waals surface area contributed by atoms with E-state index in [-0.39, 0.29) is 12.0 Å². The predicted octanol–water partition coefficient (Wildman–Crippen LogP) is 3.23. The van der Waals surface area contributed by atoms with Crippen molar-refractivity contribution in [1.29, 1.82) is 0 Å². The maximum absolute atomic E-state index is 12.7. The summed E-state index contributed by atoms with van der Waals surface area (Å²) in [5.74, 6) is 1.96. The molecule has 0 radical (unpaired) electrons. The Balaban J connectivity index is 1.55. The summed E-state index contributed by atoms with van der Waals surface area (Å²) in [7, 11) is 0. The number of hydrogen-bond donors (Lipinski definition) is 0. The largest absolute Gasteiger partial charge is 0.469 e. The lowest BCUT2D eigenvalue weighted by Crippen LogP contribution is -2.45. The number of rotatable bonds is 6. The topological polar surface area (TPSA) is 73.4 Å². The number of nitrogens with zero attached hydrogens (tertiary/aromatic N) is 4. The average Bonchev–Trinajstić information content (AvgIpc) is 3.32. The van der Waals surface area contributed by atoms with Crippen molar-refractivity contribution >= 4 is 17.7 Å². The van der Waals surface area contributed by atoms with Crippen molar-refractivity contribution in [2.24, 2.45) is 0 Å². The van der Waals surface area contributed by atoms with Gasteiger partial charge >= 0.3 is 0 Å². The lowest BCUT2D eigenvalue weighted by atomic mass is 10.2. The highest BCUT2D eigenvalue weighted by Crippen LogP contribution is 2.28. The van der Waals surface area contributed by atoms with Crippen LogP contribution in [0.25, 0.3) is 11.4 Å². The summed E-state index contributed by atoms with van der Waals surface area (Å²) in [6.45, 7) is 6.38. The third-order valence-electron chi connectivity index (χ3n) is 4.92. The van der Waals surface area contributed by atoms with Crippen LogP contribution >= 0.6 is 11.8 Å². The van der Waals surface area contributed by atoms with E-state index in [1.54, 1.807) is 6.26 Å². The van der Waals surface area contributed by atoms with Crippen molar-refractivity contribution in [2.45, 2.75) is 31.7 Å². The smallest absolute Gasteiger partial charge is 0.233 e. The fraction of sp³-hybridized carbons (Fsp3) is 0.381. The Morgan fingerprint density at radius 2 is 2.07 bits per heavy atom. The highest BCUT2D eigenvalue weighted by Gasteiger charge is 2.23. The van der Waals surface area contributed by atoms with Gasteiger partial charge in [0.05, 0.1) is 36.8 Å². The molecule has 0 bridgehead atoms. The van der Waals surface area contributed by atoms with Crippen molar-refractivity contribution < 1.29 is 13.9 Å². The quantitative estimate of drug-likeness (QED) is 0.579. The number of aryl methyl sites for hydroxylation is 1. The zero-order valence-electron chi connectivity index (χ0n) is 16.6. The van der Waals surface area contributed by atoms with Crippen LogP contribution in [0.1, 0.15) is 18.2 Å². The van der Waals surface area contributed by atoms with Crippen LogP contribution in [-0.2, 0) is 16.1 Å². The van der Waals surface area contributed by atoms with Crippen molar-refractivity contribution in [2.75, 3.05) is 25.4 Å². The molecule has 1 unspecified atom stereocenters. The molecule has 0 spiro atoms. The third-order valence-corrected chi connectivity index (χ3v) is 5.87. The summed E-state index contributed by atoms with van der Waals surface area (Å²) in [6.07, 6.45) is 1.73. The maximum Gasteiger partial charge on any atom is 0.233 e. The van der Waals surface area contributed by atoms with E-state index >= 15 is 0 Å². The van der Waals surface area contributed by atoms with Gasteiger partial charge in [0.2, 0.25) is 5.91 Å². The van der Waals surface area contributed by atoms with Crippen LogP contribution in [0.15, 0.2) is 52.2 Å². The lowest BCUT2D eigenvalue weighted by molar-refractivity contribution is -0.135. The van der Waals surface area contributed by atoms with E-state index in [4.69, 9.17) is 9.15 Å². The molecule has 1 aromatic carbocycles. The minimum absolute atomic E-state index is 0.0788. The van der Waals surface area contributed by atoms with Gasteiger partial charge in [0.1, 0.15) is 5.76 Å². The van der Waals surface area contributed by atoms with Gasteiger partial charge in [-0.05, 0) is 25.5 Å². The zero-order chi connectivity index (χ0) is 20.2. The number of thioether (sulfide) groups is 1. The molecule has 0 saturated carbocycles. The van der Waals surface area contributed by atoms with E-state index in [0.717, 1.165) is 27.9 Å². The standard InChI is InChI=1S/C21H24N4O3S/c1-15-12-24(9-11-27-15)19(26)14-29-21-23-22-20(18-8-10-28-16(18)2)25(21)13-17-6-4-3-5-7-17/h3-8,10,15H,9,11-14H2,1-2H3. The first-order valence-corrected chi connectivity index (χ1v) is 10.6. The molecule has 3 heterocycles. The zero-order valence-corrected chi connectivity index (χ0v) is 17.4. The van der Waals surface area contributed by atoms with Crippen molar-refractivity contribution in [3.05, 3.63) is 54.0 Å². The molecule has 1 aliphatic rings. The lowest BCUT2D eigenvalue weighted by Gasteiger charge is -2.31. The van der Waals surface area contributed by atoms with Crippen LogP contribution in [0, 0.1) is 6.92 Å². The second kappa shape index (κ2) is 8.84. The highest BCUT2D eigenvalue weighted by atomic mass is 32.2. The van der Waals surface area contributed by atoms with Crippen LogP contribution in [0.4, 0.5) is 0 Å². The minimum atomic E-state index is 0.0788. The van der Waals surface area contributed by atoms with E-state index in [9.17, 15) is 4.79 Å². The molecule has 0 N–H and O–H groups in total. The summed E-state index contributed by atoms with van der Waals surface area (Å²) in [5.41, 5.74) is 2.05. The number of ether oxygens (including phenoxy) is 1. The number of carbonyl (C=O) groups is 1. The first-order chi connectivity index (χ1) is 14.1. The van der Waals surface area contributed by atoms with Crippen LogP contribution in [-0.4, -0.2) is 57.1 Å². The second-order valence-electron chi connectivity index (χ2n) is 7.08. The first kappa shape index (κ1) is 19.7. The second-order valence-corrected chi connectivity index (χ2v) is 8.02. The van der Waals surface area contributed by atoms with E-state index in [0.29, 0.717) is 32.0 Å². The van der Waals surface area contributed by atoms with Crippen LogP contribution < -0.4 is 0 Å². The van der Waals surface area contributed by atoms with Gasteiger partial charge in [-0.15, -0.1) is 10.2 Å². The molecular weight excluding hydrogens is 388 g/mol. The predicted molar refractivity (Wildman–Crippen MR) is 111 cm³/mol. The van der Waals surface area contributed by atoms with Crippen molar-refractivity contribution in [3.63, 3.8) is 0 Å². The minimum Gasteiger partial charge on any atom is -0.469 e. The molecule has 1 amide bonds. The molecule has 4 rings (SSSR count). The van der Waals surface area contributed by atoms with Gasteiger partial charge in [-0.1, -0.05) is 42.1 Å². The molecule has 1 atom stereocenters. The monoisotopic (exact) mass is 412 g/mol. The van der Waals surface area contributed by atoms with Gasteiger partial charge in [-0.25, -0.2) is 0 Å². The fourth-order valence-electron chi connectivity index (χ4n) is 3.38. The maximum atomic E-state index is 12.7. The summed E-state index contributed by atoms with van der Waals surface area (Å²) < 4.78 is 13.0. The van der Waals surface area contributed by atoms with E-state index < -0.39 is 0 Å². The molecule has 8 heteroatoms. The van der Waals surface area contributed by atoms with Gasteiger partial charge in [0.15, 0.2) is 11.0 Å². The Hall–Kier alpha value is -2.58. The number of amides is 1. The number of aromatic nitrogens is 3. The summed E-state index contributed by atoms with van der Waals surface area (Å²) >= 11 is 1.42. The van der Waals surface area contributed by atoms with E-state index in [2.05, 4.69) is 22.3 Å². The number of morpholine rings is 1. The molecule has 7 nitrogen and oxygen atoms in total. The van der Waals surface area contributed by atoms with Crippen molar-refractivity contribution in [3.8, 4) is 11.4 Å². The fourth-order valence-corrected chi connectivity index (χ4v) is 4.22. The van der Waals surface area contributed by atoms with Crippen LogP contribution in [0.5, 0.6) is 0 Å². The molecule has 0 aliphatic carbocycles. The Kier molecular flexibility index (Phi) is 6.01. The van der Waals surface area contributed by atoms with Gasteiger partial charge in [-0.3, -0.25) is 9.36 Å². The third kappa shape index (κ3) is 4.54. The number of hydrogen-bond acceptors (Lipinski definition) is 6. The molecular formula is C21H24N4O3S. The normalized spacial score (nSPS) is 16.9. The average molecular weight is 413 g/mol. The SMILES string of the molecule is Cc1occc1-c1nnc(SCC(=O)N2CCOC(C)C2)n1Cc1ccccc1. The van der Waals surface area contributed by atoms with Gasteiger partial charge in [0, 0.05) is 13.1 Å². The Morgan fingerprint density at radius 3 is 2.79 bits per heavy atom. The van der Waals surface area contributed by atoms with E-state index in [1.165, 1.54) is 11.8 Å². The van der Waals surface area contributed by atoms with Gasteiger partial charge in [-0.2, -0.15) is 0 Å². The Bertz CT molecular complexity index is 969. The summed E-state index contributed by atoms with van der Waals surface area (Å²) in [6, 6.07) is 12.1. The summed E-state index contributed by atoms with van der Waals surface area (Å²) in [4.78, 5) is 14.5. The van der Waals surface area contributed by atoms with Gasteiger partial charge < -0.3 is 14.1 Å². The summed E-state index contributed by atoms with van der Waals surface area (Å²) in [5, 5.41) is 9.51. The molecule has 3 aromatic rings. The number of carbonyl (C=O) groups excluding carboxylic acids is 1. The highest BCUT2D eigenvalue weighted by molar-refractivity contribution is 7.99. The Morgan fingerprint density at radius 1 is 1.24 bits per heavy atom. The van der Waals surface area contributed by atoms with Crippen molar-refractivity contribution in [1.82, 2.24) is 19.7 Å². The van der Waals surface area contributed by atoms with E-state index in [1.807, 2.05) is 47.6 Å². The first-order valence-electron chi connectivity index (χ1n) is 9.65. The number of benzene rings is 1. The molecule has 1 aliphatic heterocycles. The van der Waals surface area contributed by atoms with Crippen LogP contribution in [0.2, 0.25) is 0 Å². The number of furan rings is 1. The van der Waals surface area contributed by atoms with Crippen LogP contribution in [0.3, 0.4) is 0 Å². The molecule has 2 aromatic heterocycles. The molecule has 1 fully saturated rings.